The van der Waals surface area contributed by atoms with Crippen LogP contribution in [0.1, 0.15) is 18.3 Å². The van der Waals surface area contributed by atoms with E-state index in [9.17, 15) is 0 Å². The van der Waals surface area contributed by atoms with Gasteiger partial charge in [-0.2, -0.15) is 4.73 Å². The maximum absolute atomic E-state index is 6.05. The zero-order valence-electron chi connectivity index (χ0n) is 9.36. The van der Waals surface area contributed by atoms with Crippen LogP contribution >= 0.6 is 23.2 Å². The summed E-state index contributed by atoms with van der Waals surface area (Å²) in [6, 6.07) is 5.35. The van der Waals surface area contributed by atoms with Crippen molar-refractivity contribution in [2.24, 2.45) is 0 Å². The number of hydrogen-bond acceptors (Lipinski definition) is 2. The summed E-state index contributed by atoms with van der Waals surface area (Å²) in [6.45, 7) is 2.41. The molecular weight excluding hydrogens is 259 g/mol. The third-order valence-electron chi connectivity index (χ3n) is 2.37. The summed E-state index contributed by atoms with van der Waals surface area (Å²) in [4.78, 5) is 9.77. The van der Waals surface area contributed by atoms with Crippen LogP contribution in [0.4, 0.5) is 0 Å². The smallest absolute Gasteiger partial charge is 0.144 e. The van der Waals surface area contributed by atoms with E-state index >= 15 is 0 Å². The Labute approximate surface area is 110 Å². The van der Waals surface area contributed by atoms with E-state index in [-0.39, 0.29) is 0 Å². The molecule has 3 nitrogen and oxygen atoms in total. The predicted molar refractivity (Wildman–Crippen MR) is 68.4 cm³/mol. The normalized spacial score (nSPS) is 10.5. The fraction of sp³-hybridized carbons (Fsp3) is 0.250. The molecule has 2 aromatic rings. The maximum atomic E-state index is 6.05. The first-order chi connectivity index (χ1) is 8.20. The molecule has 0 aliphatic rings. The lowest BCUT2D eigenvalue weighted by Crippen LogP contribution is -2.13. The molecule has 0 N–H and O–H groups in total. The van der Waals surface area contributed by atoms with Gasteiger partial charge in [-0.15, -0.1) is 0 Å². The molecule has 0 unspecified atom stereocenters. The number of aromatic nitrogens is 2. The van der Waals surface area contributed by atoms with Gasteiger partial charge in [-0.05, 0) is 12.1 Å². The van der Waals surface area contributed by atoms with E-state index in [2.05, 4.69) is 4.98 Å². The molecule has 1 aromatic carbocycles. The topological polar surface area (TPSA) is 27.1 Å². The lowest BCUT2D eigenvalue weighted by Gasteiger charge is -2.10. The molecule has 0 aliphatic heterocycles. The van der Waals surface area contributed by atoms with Gasteiger partial charge in [0.2, 0.25) is 0 Å². The number of rotatable bonds is 4. The SMILES string of the molecule is CCc1nccn1OCc1ccc(Cl)cc1Cl. The molecule has 1 heterocycles. The highest BCUT2D eigenvalue weighted by Crippen LogP contribution is 2.21. The first-order valence-corrected chi connectivity index (χ1v) is 6.05. The maximum Gasteiger partial charge on any atom is 0.144 e. The van der Waals surface area contributed by atoms with E-state index in [1.54, 1.807) is 29.3 Å². The summed E-state index contributed by atoms with van der Waals surface area (Å²) in [5.41, 5.74) is 0.895. The van der Waals surface area contributed by atoms with Crippen LogP contribution in [0, 0.1) is 0 Å². The van der Waals surface area contributed by atoms with Crippen LogP contribution in [-0.4, -0.2) is 9.71 Å². The molecule has 2 rings (SSSR count). The average molecular weight is 271 g/mol. The van der Waals surface area contributed by atoms with Gasteiger partial charge >= 0.3 is 0 Å². The van der Waals surface area contributed by atoms with Crippen LogP contribution in [0.25, 0.3) is 0 Å². The standard InChI is InChI=1S/C12H12Cl2N2O/c1-2-12-15-5-6-16(12)17-8-9-3-4-10(13)7-11(9)14/h3-7H,2,8H2,1H3. The minimum atomic E-state index is 0.388. The van der Waals surface area contributed by atoms with Gasteiger partial charge in [0.25, 0.3) is 0 Å². The summed E-state index contributed by atoms with van der Waals surface area (Å²) in [7, 11) is 0. The van der Waals surface area contributed by atoms with Gasteiger partial charge in [-0.3, -0.25) is 0 Å². The lowest BCUT2D eigenvalue weighted by molar-refractivity contribution is 0.0907. The highest BCUT2D eigenvalue weighted by molar-refractivity contribution is 6.35. The Morgan fingerprint density at radius 1 is 1.35 bits per heavy atom. The summed E-state index contributed by atoms with van der Waals surface area (Å²) in [5.74, 6) is 0.884. The third-order valence-corrected chi connectivity index (χ3v) is 2.96. The summed E-state index contributed by atoms with van der Waals surface area (Å²) in [5, 5.41) is 1.23. The van der Waals surface area contributed by atoms with E-state index in [1.165, 1.54) is 0 Å². The molecule has 0 fully saturated rings. The Balaban J connectivity index is 2.07. The van der Waals surface area contributed by atoms with Crippen LogP contribution in [-0.2, 0) is 13.0 Å². The largest absolute Gasteiger partial charge is 0.408 e. The molecular formula is C12H12Cl2N2O. The van der Waals surface area contributed by atoms with E-state index in [1.807, 2.05) is 13.0 Å². The number of imidazole rings is 1. The summed E-state index contributed by atoms with van der Waals surface area (Å²) < 4.78 is 1.66. The second-order valence-electron chi connectivity index (χ2n) is 3.53. The zero-order chi connectivity index (χ0) is 12.3. The number of aryl methyl sites for hydroxylation is 1. The Kier molecular flexibility index (Phi) is 3.92. The van der Waals surface area contributed by atoms with E-state index in [0.29, 0.717) is 16.7 Å². The van der Waals surface area contributed by atoms with Crippen LogP contribution in [0.15, 0.2) is 30.6 Å². The van der Waals surface area contributed by atoms with E-state index < -0.39 is 0 Å². The van der Waals surface area contributed by atoms with Gasteiger partial charge in [-0.25, -0.2) is 4.98 Å². The monoisotopic (exact) mass is 270 g/mol. The molecule has 0 spiro atoms. The number of benzene rings is 1. The van der Waals surface area contributed by atoms with Gasteiger partial charge in [0, 0.05) is 28.2 Å². The fourth-order valence-corrected chi connectivity index (χ4v) is 1.93. The summed E-state index contributed by atoms with van der Waals surface area (Å²) >= 11 is 11.9. The van der Waals surface area contributed by atoms with Gasteiger partial charge in [0.15, 0.2) is 0 Å². The highest BCUT2D eigenvalue weighted by atomic mass is 35.5. The Morgan fingerprint density at radius 2 is 2.18 bits per heavy atom. The van der Waals surface area contributed by atoms with E-state index in [4.69, 9.17) is 28.0 Å². The van der Waals surface area contributed by atoms with Gasteiger partial charge in [0.05, 0.1) is 6.20 Å². The van der Waals surface area contributed by atoms with Gasteiger partial charge in [0.1, 0.15) is 12.4 Å². The van der Waals surface area contributed by atoms with Gasteiger partial charge < -0.3 is 4.84 Å². The average Bonchev–Trinajstić information content (AvgIpc) is 2.75. The molecule has 17 heavy (non-hydrogen) atoms. The van der Waals surface area contributed by atoms with Crippen molar-refractivity contribution < 1.29 is 4.84 Å². The van der Waals surface area contributed by atoms with Gasteiger partial charge in [-0.1, -0.05) is 36.2 Å². The quantitative estimate of drug-likeness (QED) is 0.852. The fourth-order valence-electron chi connectivity index (χ4n) is 1.47. The molecule has 0 saturated heterocycles. The zero-order valence-corrected chi connectivity index (χ0v) is 10.9. The highest BCUT2D eigenvalue weighted by Gasteiger charge is 2.04. The number of hydrogen-bond donors (Lipinski definition) is 0. The van der Waals surface area contributed by atoms with Crippen LogP contribution < -0.4 is 4.84 Å². The van der Waals surface area contributed by atoms with Crippen molar-refractivity contribution in [2.75, 3.05) is 0 Å². The second-order valence-corrected chi connectivity index (χ2v) is 4.38. The van der Waals surface area contributed by atoms with Crippen molar-refractivity contribution in [1.29, 1.82) is 0 Å². The molecule has 0 saturated carbocycles. The molecule has 0 radical (unpaired) electrons. The Hall–Kier alpha value is -1.19. The predicted octanol–water partition coefficient (Wildman–Crippen LogP) is 3.38. The Bertz CT molecular complexity index is 511. The van der Waals surface area contributed by atoms with Crippen molar-refractivity contribution in [3.63, 3.8) is 0 Å². The number of nitrogens with zero attached hydrogens (tertiary/aromatic N) is 2. The minimum Gasteiger partial charge on any atom is -0.408 e. The van der Waals surface area contributed by atoms with Crippen molar-refractivity contribution in [3.05, 3.63) is 52.0 Å². The molecule has 0 atom stereocenters. The van der Waals surface area contributed by atoms with Crippen molar-refractivity contribution in [2.45, 2.75) is 20.0 Å². The second kappa shape index (κ2) is 5.43. The third kappa shape index (κ3) is 2.93. The van der Waals surface area contributed by atoms with Crippen LogP contribution in [0.3, 0.4) is 0 Å². The first-order valence-electron chi connectivity index (χ1n) is 5.30. The van der Waals surface area contributed by atoms with Crippen molar-refractivity contribution in [3.8, 4) is 0 Å². The van der Waals surface area contributed by atoms with E-state index in [0.717, 1.165) is 17.8 Å². The molecule has 0 amide bonds. The molecule has 0 bridgehead atoms. The molecule has 0 aliphatic carbocycles. The molecule has 5 heteroatoms. The first kappa shape index (κ1) is 12.3. The lowest BCUT2D eigenvalue weighted by atomic mass is 10.2. The van der Waals surface area contributed by atoms with Crippen molar-refractivity contribution >= 4 is 23.2 Å². The van der Waals surface area contributed by atoms with Crippen LogP contribution in [0.2, 0.25) is 10.0 Å². The molecule has 1 aromatic heterocycles. The molecule has 90 valence electrons. The minimum absolute atomic E-state index is 0.388. The summed E-state index contributed by atoms with van der Waals surface area (Å²) in [6.07, 6.45) is 4.31. The van der Waals surface area contributed by atoms with Crippen molar-refractivity contribution in [1.82, 2.24) is 9.71 Å². The Morgan fingerprint density at radius 3 is 2.88 bits per heavy atom. The van der Waals surface area contributed by atoms with Crippen LogP contribution in [0.5, 0.6) is 0 Å². The number of halogens is 2.